The first-order valence-corrected chi connectivity index (χ1v) is 19.4. The van der Waals surface area contributed by atoms with Gasteiger partial charge < -0.3 is 0 Å². The molecule has 183 valence electrons. The van der Waals surface area contributed by atoms with E-state index in [0.717, 1.165) is 11.5 Å². The van der Waals surface area contributed by atoms with Crippen molar-refractivity contribution in [1.82, 2.24) is 5.06 Å². The summed E-state index contributed by atoms with van der Waals surface area (Å²) in [5.41, 5.74) is -0.606. The lowest BCUT2D eigenvalue weighted by atomic mass is 9.79. The minimum atomic E-state index is -0.303. The zero-order valence-corrected chi connectivity index (χ0v) is 27.7. The van der Waals surface area contributed by atoms with Crippen LogP contribution in [0.5, 0.6) is 0 Å². The summed E-state index contributed by atoms with van der Waals surface area (Å²) < 4.78 is 11.7. The highest BCUT2D eigenvalue weighted by atomic mass is 32.3. The molecule has 0 aliphatic carbocycles. The molecule has 0 N–H and O–H groups in total. The smallest absolute Gasteiger partial charge is 0.0718 e. The first kappa shape index (κ1) is 26.3. The number of thioether (sulfide) groups is 10. The van der Waals surface area contributed by atoms with Crippen LogP contribution >= 0.6 is 118 Å². The third-order valence-corrected chi connectivity index (χ3v) is 22.0. The summed E-state index contributed by atoms with van der Waals surface area (Å²) in [6, 6.07) is 0. The highest BCUT2D eigenvalue weighted by molar-refractivity contribution is 8.50. The van der Waals surface area contributed by atoms with Crippen LogP contribution in [0.1, 0.15) is 41.5 Å². The van der Waals surface area contributed by atoms with Crippen molar-refractivity contribution < 1.29 is 5.21 Å². The van der Waals surface area contributed by atoms with Crippen molar-refractivity contribution in [2.24, 2.45) is 11.8 Å². The first-order chi connectivity index (χ1) is 16.1. The Morgan fingerprint density at radius 3 is 1.21 bits per heavy atom. The predicted molar refractivity (Wildman–Crippen MR) is 170 cm³/mol. The van der Waals surface area contributed by atoms with Gasteiger partial charge >= 0.3 is 0 Å². The van der Waals surface area contributed by atoms with E-state index in [-0.39, 0.29) is 11.1 Å². The largest absolute Gasteiger partial charge is 0.143 e. The number of hydroxylamine groups is 2. The van der Waals surface area contributed by atoms with Crippen molar-refractivity contribution in [3.05, 3.63) is 43.7 Å². The van der Waals surface area contributed by atoms with Crippen molar-refractivity contribution in [3.8, 4) is 0 Å². The van der Waals surface area contributed by atoms with E-state index in [9.17, 15) is 5.21 Å². The molecule has 0 aromatic carbocycles. The molecule has 1 saturated heterocycles. The van der Waals surface area contributed by atoms with Crippen molar-refractivity contribution in [3.63, 3.8) is 0 Å². The number of rotatable bonds is 0. The van der Waals surface area contributed by atoms with Crippen LogP contribution in [0.3, 0.4) is 0 Å². The SMILES string of the molecule is CC1=C(C)SC(=C2SC3=C(S2)SC(=C2SC4=C(SCC5C(CS4)C(C)(C)N([O])C5(C)C)S2)S3)S1. The van der Waals surface area contributed by atoms with E-state index in [2.05, 4.69) is 41.5 Å². The van der Waals surface area contributed by atoms with Gasteiger partial charge in [0, 0.05) is 22.6 Å². The second kappa shape index (κ2) is 9.64. The van der Waals surface area contributed by atoms with Gasteiger partial charge in [0.1, 0.15) is 0 Å². The maximum atomic E-state index is 13.1. The van der Waals surface area contributed by atoms with Gasteiger partial charge in [-0.05, 0) is 63.2 Å². The second-order valence-electron chi connectivity index (χ2n) is 9.67. The first-order valence-electron chi connectivity index (χ1n) is 10.9. The molecular weight excluding hydrogens is 615 g/mol. The Balaban J connectivity index is 1.14. The van der Waals surface area contributed by atoms with Crippen LogP contribution in [0.4, 0.5) is 0 Å². The fraction of sp³-hybridized carbons (Fsp3) is 0.545. The molecule has 6 aliphatic rings. The Labute approximate surface area is 245 Å². The van der Waals surface area contributed by atoms with E-state index in [0.29, 0.717) is 11.8 Å². The highest BCUT2D eigenvalue weighted by Gasteiger charge is 2.59. The van der Waals surface area contributed by atoms with Gasteiger partial charge in [0.15, 0.2) is 0 Å². The lowest BCUT2D eigenvalue weighted by Gasteiger charge is -2.33. The third-order valence-electron chi connectivity index (χ3n) is 6.90. The van der Waals surface area contributed by atoms with Gasteiger partial charge in [0.2, 0.25) is 0 Å². The molecule has 0 spiro atoms. The summed E-state index contributed by atoms with van der Waals surface area (Å²) in [5, 5.41) is 14.5. The predicted octanol–water partition coefficient (Wildman–Crippen LogP) is 10.6. The minimum Gasteiger partial charge on any atom is -0.143 e. The summed E-state index contributed by atoms with van der Waals surface area (Å²) in [6.07, 6.45) is 0. The lowest BCUT2D eigenvalue weighted by molar-refractivity contribution is -0.250. The van der Waals surface area contributed by atoms with Crippen molar-refractivity contribution >= 4 is 118 Å². The number of hydrogen-bond donors (Lipinski definition) is 0. The average Bonchev–Trinajstić information content (AvgIpc) is 3.51. The minimum absolute atomic E-state index is 0.303. The number of allylic oxidation sites excluding steroid dienone is 2. The standard InChI is InChI=1S/C22H24NOS10/c1-9-10(2)28-15(27-9)16-31-19-20(32-16)34-18(33-19)17-29-13-14(30-17)26-8-12-11(7-25-13)21(3,4)23(24)22(12,5)6/h11-12H,7-8H2,1-6H3. The summed E-state index contributed by atoms with van der Waals surface area (Å²) >= 11 is 19.7. The van der Waals surface area contributed by atoms with E-state index in [1.165, 1.54) is 48.8 Å². The Kier molecular flexibility index (Phi) is 7.47. The van der Waals surface area contributed by atoms with E-state index >= 15 is 0 Å². The van der Waals surface area contributed by atoms with Crippen molar-refractivity contribution in [1.29, 1.82) is 0 Å². The van der Waals surface area contributed by atoms with Gasteiger partial charge in [-0.2, -0.15) is 0 Å². The normalized spacial score (nSPS) is 33.3. The van der Waals surface area contributed by atoms with Crippen molar-refractivity contribution in [2.75, 3.05) is 11.5 Å². The second-order valence-corrected chi connectivity index (χ2v) is 22.4. The molecule has 6 heterocycles. The lowest BCUT2D eigenvalue weighted by Crippen LogP contribution is -2.47. The van der Waals surface area contributed by atoms with Gasteiger partial charge in [0.05, 0.1) is 33.9 Å². The quantitative estimate of drug-likeness (QED) is 0.253. The fourth-order valence-corrected chi connectivity index (χ4v) is 21.0. The maximum Gasteiger partial charge on any atom is 0.0718 e. The maximum absolute atomic E-state index is 13.1. The Hall–Kier alpha value is 2.12. The summed E-state index contributed by atoms with van der Waals surface area (Å²) in [4.78, 5) is 2.89. The summed E-state index contributed by atoms with van der Waals surface area (Å²) in [5.74, 6) is 2.91. The molecule has 0 saturated carbocycles. The molecule has 1 radical (unpaired) electrons. The van der Waals surface area contributed by atoms with Gasteiger partial charge in [-0.15, -0.1) is 33.8 Å². The molecule has 1 fully saturated rings. The zero-order valence-electron chi connectivity index (χ0n) is 19.5. The Bertz CT molecular complexity index is 1050. The molecule has 34 heavy (non-hydrogen) atoms. The van der Waals surface area contributed by atoms with Crippen LogP contribution < -0.4 is 0 Å². The Morgan fingerprint density at radius 1 is 0.559 bits per heavy atom. The van der Waals surface area contributed by atoms with Crippen LogP contribution in [0, 0.1) is 11.8 Å². The van der Waals surface area contributed by atoms with E-state index in [1.807, 2.05) is 118 Å². The summed E-state index contributed by atoms with van der Waals surface area (Å²) in [6.45, 7) is 13.1. The average molecular weight is 639 g/mol. The molecule has 0 aromatic heterocycles. The van der Waals surface area contributed by atoms with Crippen LogP contribution in [0.15, 0.2) is 43.7 Å². The topological polar surface area (TPSA) is 23.1 Å². The number of hydrogen-bond acceptors (Lipinski definition) is 11. The van der Waals surface area contributed by atoms with Crippen LogP contribution in [0.2, 0.25) is 0 Å². The molecule has 0 amide bonds. The third kappa shape index (κ3) is 4.41. The molecule has 6 rings (SSSR count). The monoisotopic (exact) mass is 638 g/mol. The molecule has 2 atom stereocenters. The zero-order chi connectivity index (χ0) is 24.0. The van der Waals surface area contributed by atoms with Gasteiger partial charge in [0.25, 0.3) is 0 Å². The van der Waals surface area contributed by atoms with Gasteiger partial charge in [-0.3, -0.25) is 0 Å². The Morgan fingerprint density at radius 2 is 0.853 bits per heavy atom. The molecular formula is C22H24NOS10. The summed E-state index contributed by atoms with van der Waals surface area (Å²) in [7, 11) is 0. The highest BCUT2D eigenvalue weighted by Crippen LogP contribution is 2.73. The van der Waals surface area contributed by atoms with Crippen LogP contribution in [-0.4, -0.2) is 27.6 Å². The molecule has 0 aromatic rings. The number of nitrogens with zero attached hydrogens (tertiary/aromatic N) is 1. The van der Waals surface area contributed by atoms with E-state index in [4.69, 9.17) is 0 Å². The molecule has 12 heteroatoms. The van der Waals surface area contributed by atoms with Gasteiger partial charge in [-0.1, -0.05) is 94.1 Å². The molecule has 0 bridgehead atoms. The van der Waals surface area contributed by atoms with Crippen LogP contribution in [0.25, 0.3) is 0 Å². The van der Waals surface area contributed by atoms with Crippen LogP contribution in [-0.2, 0) is 5.21 Å². The molecule has 6 aliphatic heterocycles. The van der Waals surface area contributed by atoms with Crippen molar-refractivity contribution in [2.45, 2.75) is 52.6 Å². The van der Waals surface area contributed by atoms with Gasteiger partial charge in [-0.25, -0.2) is 0 Å². The molecule has 2 unspecified atom stereocenters. The van der Waals surface area contributed by atoms with E-state index < -0.39 is 0 Å². The molecule has 2 nitrogen and oxygen atoms in total. The van der Waals surface area contributed by atoms with E-state index in [1.54, 1.807) is 0 Å². The fourth-order valence-electron chi connectivity index (χ4n) is 4.81. The number of fused-ring (bicyclic) bond motifs is 1.